The van der Waals surface area contributed by atoms with E-state index in [9.17, 15) is 9.59 Å². The predicted molar refractivity (Wildman–Crippen MR) is 69.1 cm³/mol. The van der Waals surface area contributed by atoms with Gasteiger partial charge >= 0.3 is 0 Å². The molecule has 0 bridgehead atoms. The zero-order valence-corrected chi connectivity index (χ0v) is 10.4. The first-order valence-electron chi connectivity index (χ1n) is 5.55. The van der Waals surface area contributed by atoms with E-state index in [1.54, 1.807) is 7.05 Å². The van der Waals surface area contributed by atoms with Crippen LogP contribution in [0.1, 0.15) is 25.3 Å². The van der Waals surface area contributed by atoms with Gasteiger partial charge in [-0.2, -0.15) is 0 Å². The molecule has 0 radical (unpaired) electrons. The molecule has 0 aliphatic carbocycles. The van der Waals surface area contributed by atoms with Crippen molar-refractivity contribution in [2.75, 3.05) is 11.9 Å². The van der Waals surface area contributed by atoms with Gasteiger partial charge in [0.1, 0.15) is 6.29 Å². The average Bonchev–Trinajstić information content (AvgIpc) is 2.35. The highest BCUT2D eigenvalue weighted by atomic mass is 16.2. The lowest BCUT2D eigenvalue weighted by Crippen LogP contribution is -2.23. The SMILES string of the molecule is CC(C)c1ccc(N(C)C(=O)/C=C\C=O)cc1. The van der Waals surface area contributed by atoms with Gasteiger partial charge in [-0.25, -0.2) is 0 Å². The number of aldehydes is 1. The number of allylic oxidation sites excluding steroid dienone is 1. The summed E-state index contributed by atoms with van der Waals surface area (Å²) in [6, 6.07) is 7.82. The monoisotopic (exact) mass is 231 g/mol. The molecule has 3 heteroatoms. The van der Waals surface area contributed by atoms with Crippen LogP contribution in [0.5, 0.6) is 0 Å². The summed E-state index contributed by atoms with van der Waals surface area (Å²) in [4.78, 5) is 23.2. The van der Waals surface area contributed by atoms with Crippen molar-refractivity contribution >= 4 is 17.9 Å². The van der Waals surface area contributed by atoms with Gasteiger partial charge in [0, 0.05) is 18.8 Å². The first kappa shape index (κ1) is 13.2. The second kappa shape index (κ2) is 5.99. The normalized spacial score (nSPS) is 10.8. The van der Waals surface area contributed by atoms with Crippen LogP contribution in [0.25, 0.3) is 0 Å². The van der Waals surface area contributed by atoms with Crippen molar-refractivity contribution in [2.45, 2.75) is 19.8 Å². The highest BCUT2D eigenvalue weighted by molar-refractivity contribution is 6.02. The Labute approximate surface area is 102 Å². The lowest BCUT2D eigenvalue weighted by Gasteiger charge is -2.16. The quantitative estimate of drug-likeness (QED) is 0.590. The average molecular weight is 231 g/mol. The minimum atomic E-state index is -0.214. The van der Waals surface area contributed by atoms with Crippen molar-refractivity contribution in [3.8, 4) is 0 Å². The van der Waals surface area contributed by atoms with Crippen molar-refractivity contribution in [3.63, 3.8) is 0 Å². The lowest BCUT2D eigenvalue weighted by atomic mass is 10.0. The van der Waals surface area contributed by atoms with Crippen LogP contribution < -0.4 is 4.90 Å². The van der Waals surface area contributed by atoms with E-state index in [0.29, 0.717) is 12.2 Å². The van der Waals surface area contributed by atoms with E-state index in [2.05, 4.69) is 13.8 Å². The Morgan fingerprint density at radius 1 is 1.24 bits per heavy atom. The highest BCUT2D eigenvalue weighted by Gasteiger charge is 2.07. The zero-order chi connectivity index (χ0) is 12.8. The number of hydrogen-bond donors (Lipinski definition) is 0. The van der Waals surface area contributed by atoms with Gasteiger partial charge in [-0.3, -0.25) is 9.59 Å². The van der Waals surface area contributed by atoms with Crippen LogP contribution >= 0.6 is 0 Å². The first-order valence-corrected chi connectivity index (χ1v) is 5.55. The van der Waals surface area contributed by atoms with Crippen LogP contribution in [0.15, 0.2) is 36.4 Å². The number of rotatable bonds is 4. The van der Waals surface area contributed by atoms with Crippen LogP contribution in [0, 0.1) is 0 Å². The second-order valence-corrected chi connectivity index (χ2v) is 4.14. The summed E-state index contributed by atoms with van der Waals surface area (Å²) >= 11 is 0. The third kappa shape index (κ3) is 3.55. The molecule has 0 saturated heterocycles. The van der Waals surface area contributed by atoms with Gasteiger partial charge in [-0.1, -0.05) is 26.0 Å². The molecule has 0 aromatic heterocycles. The molecule has 1 amide bonds. The van der Waals surface area contributed by atoms with Crippen LogP contribution in [0.2, 0.25) is 0 Å². The third-order valence-corrected chi connectivity index (χ3v) is 2.60. The standard InChI is InChI=1S/C14H17NO2/c1-11(2)12-6-8-13(9-7-12)15(3)14(17)5-4-10-16/h4-11H,1-3H3/b5-4-. The number of likely N-dealkylation sites (N-methyl/N-ethyl adjacent to an activating group) is 1. The van der Waals surface area contributed by atoms with Crippen LogP contribution in [-0.4, -0.2) is 19.2 Å². The molecule has 0 N–H and O–H groups in total. The second-order valence-electron chi connectivity index (χ2n) is 4.14. The third-order valence-electron chi connectivity index (χ3n) is 2.60. The molecule has 0 fully saturated rings. The summed E-state index contributed by atoms with van der Waals surface area (Å²) in [5.41, 5.74) is 2.05. The molecular weight excluding hydrogens is 214 g/mol. The van der Waals surface area contributed by atoms with Crippen molar-refractivity contribution in [1.82, 2.24) is 0 Å². The Morgan fingerprint density at radius 2 is 1.82 bits per heavy atom. The van der Waals surface area contributed by atoms with Crippen molar-refractivity contribution in [1.29, 1.82) is 0 Å². The molecule has 3 nitrogen and oxygen atoms in total. The van der Waals surface area contributed by atoms with E-state index < -0.39 is 0 Å². The van der Waals surface area contributed by atoms with Crippen molar-refractivity contribution in [2.24, 2.45) is 0 Å². The number of hydrogen-bond acceptors (Lipinski definition) is 2. The zero-order valence-electron chi connectivity index (χ0n) is 10.4. The smallest absolute Gasteiger partial charge is 0.250 e. The van der Waals surface area contributed by atoms with Crippen LogP contribution in [-0.2, 0) is 9.59 Å². The van der Waals surface area contributed by atoms with Crippen LogP contribution in [0.3, 0.4) is 0 Å². The summed E-state index contributed by atoms with van der Waals surface area (Å²) in [6.07, 6.45) is 3.04. The van der Waals surface area contributed by atoms with Gasteiger partial charge in [0.05, 0.1) is 0 Å². The summed E-state index contributed by atoms with van der Waals surface area (Å²) in [6.45, 7) is 4.24. The maximum atomic E-state index is 11.6. The molecular formula is C14H17NO2. The van der Waals surface area contributed by atoms with E-state index in [4.69, 9.17) is 0 Å². The van der Waals surface area contributed by atoms with Crippen molar-refractivity contribution < 1.29 is 9.59 Å². The van der Waals surface area contributed by atoms with Crippen LogP contribution in [0.4, 0.5) is 5.69 Å². The maximum Gasteiger partial charge on any atom is 0.250 e. The van der Waals surface area contributed by atoms with Gasteiger partial charge in [0.15, 0.2) is 0 Å². The van der Waals surface area contributed by atoms with Gasteiger partial charge in [0.2, 0.25) is 0 Å². The number of anilines is 1. The molecule has 1 aromatic carbocycles. The minimum absolute atomic E-state index is 0.214. The molecule has 0 aliphatic rings. The van der Waals surface area contributed by atoms with Gasteiger partial charge in [-0.05, 0) is 29.7 Å². The molecule has 0 atom stereocenters. The molecule has 17 heavy (non-hydrogen) atoms. The van der Waals surface area contributed by atoms with Crippen molar-refractivity contribution in [3.05, 3.63) is 42.0 Å². The number of amides is 1. The molecule has 90 valence electrons. The Morgan fingerprint density at radius 3 is 2.29 bits per heavy atom. The molecule has 0 unspecified atom stereocenters. The van der Waals surface area contributed by atoms with E-state index in [1.807, 2.05) is 24.3 Å². The fourth-order valence-corrected chi connectivity index (χ4v) is 1.44. The molecule has 0 heterocycles. The maximum absolute atomic E-state index is 11.6. The topological polar surface area (TPSA) is 37.4 Å². The van der Waals surface area contributed by atoms with Gasteiger partial charge < -0.3 is 4.90 Å². The predicted octanol–water partition coefficient (Wildman–Crippen LogP) is 2.53. The summed E-state index contributed by atoms with van der Waals surface area (Å²) in [7, 11) is 1.68. The minimum Gasteiger partial charge on any atom is -0.312 e. The van der Waals surface area contributed by atoms with E-state index in [-0.39, 0.29) is 5.91 Å². The Bertz CT molecular complexity index is 418. The lowest BCUT2D eigenvalue weighted by molar-refractivity contribution is -0.114. The first-order chi connectivity index (χ1) is 8.06. The van der Waals surface area contributed by atoms with Gasteiger partial charge in [-0.15, -0.1) is 0 Å². The molecule has 1 rings (SSSR count). The summed E-state index contributed by atoms with van der Waals surface area (Å²) in [5.74, 6) is 0.259. The Kier molecular flexibility index (Phi) is 4.64. The summed E-state index contributed by atoms with van der Waals surface area (Å²) < 4.78 is 0. The van der Waals surface area contributed by atoms with E-state index >= 15 is 0 Å². The van der Waals surface area contributed by atoms with Gasteiger partial charge in [0.25, 0.3) is 5.91 Å². The molecule has 0 saturated carbocycles. The number of carbonyl (C=O) groups is 2. The Balaban J connectivity index is 2.82. The number of carbonyl (C=O) groups excluding carboxylic acids is 2. The fourth-order valence-electron chi connectivity index (χ4n) is 1.44. The molecule has 0 aliphatic heterocycles. The Hall–Kier alpha value is -1.90. The summed E-state index contributed by atoms with van der Waals surface area (Å²) in [5, 5.41) is 0. The molecule has 0 spiro atoms. The largest absolute Gasteiger partial charge is 0.312 e. The fraction of sp³-hybridized carbons (Fsp3) is 0.286. The highest BCUT2D eigenvalue weighted by Crippen LogP contribution is 2.19. The van der Waals surface area contributed by atoms with E-state index in [0.717, 1.165) is 5.69 Å². The number of benzene rings is 1. The number of nitrogens with zero attached hydrogens (tertiary/aromatic N) is 1. The molecule has 1 aromatic rings. The van der Waals surface area contributed by atoms with E-state index in [1.165, 1.54) is 22.6 Å².